The van der Waals surface area contributed by atoms with Gasteiger partial charge in [0.2, 0.25) is 20.2 Å². The van der Waals surface area contributed by atoms with Gasteiger partial charge in [0.1, 0.15) is 0 Å². The lowest BCUT2D eigenvalue weighted by atomic mass is 9.82. The van der Waals surface area contributed by atoms with Crippen molar-refractivity contribution in [2.45, 2.75) is 101 Å². The van der Waals surface area contributed by atoms with Crippen LogP contribution in [0.2, 0.25) is 18.6 Å². The van der Waals surface area contributed by atoms with Gasteiger partial charge >= 0.3 is 0 Å². The fourth-order valence-electron chi connectivity index (χ4n) is 8.42. The fraction of sp³-hybridized carbons (Fsp3) is 0.571. The molecule has 4 heterocycles. The lowest BCUT2D eigenvalue weighted by Gasteiger charge is -2.31. The molecule has 0 radical (unpaired) electrons. The van der Waals surface area contributed by atoms with Gasteiger partial charge in [0.25, 0.3) is 5.91 Å². The van der Waals surface area contributed by atoms with Gasteiger partial charge < -0.3 is 28.7 Å². The average molecular weight is 715 g/mol. The molecular weight excluding hydrogens is 669 g/mol. The zero-order valence-electron chi connectivity index (χ0n) is 27.0. The molecule has 8 nitrogen and oxygen atoms in total. The van der Waals surface area contributed by atoms with E-state index >= 15 is 4.11 Å². The molecule has 6 rings (SSSR count). The number of halogens is 2. The highest BCUT2D eigenvalue weighted by molar-refractivity contribution is 9.10. The number of carbonyl (C=O) groups is 3. The number of nitrogens with zero attached hydrogens (tertiary/aromatic N) is 3. The van der Waals surface area contributed by atoms with E-state index < -0.39 is 31.6 Å². The molecule has 2 aromatic rings. The molecule has 0 aromatic heterocycles. The second-order valence-corrected chi connectivity index (χ2v) is 18.7. The number of benzene rings is 2. The van der Waals surface area contributed by atoms with Crippen LogP contribution in [-0.4, -0.2) is 68.0 Å². The van der Waals surface area contributed by atoms with E-state index in [0.717, 1.165) is 54.2 Å². The van der Waals surface area contributed by atoms with Crippen LogP contribution in [0.5, 0.6) is 0 Å². The van der Waals surface area contributed by atoms with E-state index in [1.165, 1.54) is 0 Å². The number of likely N-dealkylation sites (tertiary alicyclic amines) is 1. The molecule has 3 saturated heterocycles. The molecule has 248 valence electrons. The van der Waals surface area contributed by atoms with Gasteiger partial charge in [-0.15, -0.1) is 0 Å². The number of aliphatic hydroxyl groups excluding tert-OH is 1. The molecule has 11 heteroatoms. The average Bonchev–Trinajstić information content (AvgIpc) is 3.66. The van der Waals surface area contributed by atoms with Crippen LogP contribution in [0.1, 0.15) is 69.4 Å². The minimum absolute atomic E-state index is 0.0269. The van der Waals surface area contributed by atoms with E-state index in [1.807, 2.05) is 54.3 Å². The summed E-state index contributed by atoms with van der Waals surface area (Å²) in [4.78, 5) is 46.3. The fourth-order valence-corrected chi connectivity index (χ4v) is 11.3. The van der Waals surface area contributed by atoms with Crippen LogP contribution in [0.15, 0.2) is 46.9 Å². The van der Waals surface area contributed by atoms with Crippen LogP contribution >= 0.6 is 15.9 Å². The Bertz CT molecular complexity index is 1490. The molecule has 4 aliphatic heterocycles. The molecule has 0 bridgehead atoms. The minimum Gasteiger partial charge on any atom is -0.394 e. The number of carbonyl (C=O) groups excluding carboxylic acids is 3. The summed E-state index contributed by atoms with van der Waals surface area (Å²) in [5, 5.41) is 9.82. The van der Waals surface area contributed by atoms with Crippen molar-refractivity contribution in [3.8, 4) is 0 Å². The highest BCUT2D eigenvalue weighted by Gasteiger charge is 2.67. The molecule has 3 amide bonds. The van der Waals surface area contributed by atoms with Crippen molar-refractivity contribution in [2.75, 3.05) is 29.5 Å². The number of aliphatic hydroxyl groups is 1. The molecular formula is C35H45BrFN3O5Si. The molecule has 5 atom stereocenters. The van der Waals surface area contributed by atoms with Crippen LogP contribution < -0.4 is 9.80 Å². The summed E-state index contributed by atoms with van der Waals surface area (Å²) >= 11 is 3.58. The summed E-state index contributed by atoms with van der Waals surface area (Å²) in [7, 11) is -3.43. The molecule has 0 unspecified atom stereocenters. The largest absolute Gasteiger partial charge is 0.394 e. The second-order valence-electron chi connectivity index (χ2n) is 14.0. The maximum atomic E-state index is 16.2. The first-order valence-corrected chi connectivity index (χ1v) is 20.5. The van der Waals surface area contributed by atoms with E-state index in [9.17, 15) is 19.5 Å². The Morgan fingerprint density at radius 1 is 1.07 bits per heavy atom. The summed E-state index contributed by atoms with van der Waals surface area (Å²) in [6, 6.07) is 13.3. The summed E-state index contributed by atoms with van der Waals surface area (Å²) in [5.74, 6) is -0.766. The molecule has 0 saturated carbocycles. The van der Waals surface area contributed by atoms with Gasteiger partial charge in [0, 0.05) is 46.7 Å². The van der Waals surface area contributed by atoms with E-state index in [-0.39, 0.29) is 43.3 Å². The normalized spacial score (nSPS) is 28.6. The number of hydrogen-bond acceptors (Lipinski definition) is 5. The first kappa shape index (κ1) is 33.3. The standard InChI is InChI=1S/C35H45BrFN3O5Si/c1-23-33(46(2,3)37)30(20-32(43)39-18-8-9-27(39)22-41)45-35(23)28-19-25(36)13-16-29(28)40(34(35)44)21-24-11-14-26(15-12-24)38-17-7-5-4-6-10-31(38)42/h11-16,19,23,27,30,33,41H,4-10,17-18,20-22H2,1-3H3/t23-,27-,30+,33-,35+/m0/s1. The van der Waals surface area contributed by atoms with Gasteiger partial charge in [0.15, 0.2) is 5.60 Å². The molecule has 4 aliphatic rings. The van der Waals surface area contributed by atoms with Crippen molar-refractivity contribution < 1.29 is 28.3 Å². The molecule has 3 fully saturated rings. The monoisotopic (exact) mass is 713 g/mol. The predicted octanol–water partition coefficient (Wildman–Crippen LogP) is 6.44. The Labute approximate surface area is 280 Å². The molecule has 0 aliphatic carbocycles. The number of rotatable bonds is 7. The molecule has 1 spiro atoms. The highest BCUT2D eigenvalue weighted by atomic mass is 79.9. The quantitative estimate of drug-likeness (QED) is 0.264. The van der Waals surface area contributed by atoms with Gasteiger partial charge in [-0.3, -0.25) is 14.4 Å². The number of hydrogen-bond donors (Lipinski definition) is 1. The Hall–Kier alpha value is -2.60. The summed E-state index contributed by atoms with van der Waals surface area (Å²) in [5.41, 5.74) is 1.16. The molecule has 1 N–H and O–H groups in total. The van der Waals surface area contributed by atoms with E-state index in [1.54, 1.807) is 22.9 Å². The lowest BCUT2D eigenvalue weighted by Crippen LogP contribution is -2.45. The van der Waals surface area contributed by atoms with Gasteiger partial charge in [-0.2, -0.15) is 0 Å². The van der Waals surface area contributed by atoms with Gasteiger partial charge in [0.05, 0.1) is 37.4 Å². The van der Waals surface area contributed by atoms with Crippen molar-refractivity contribution in [1.29, 1.82) is 0 Å². The lowest BCUT2D eigenvalue weighted by molar-refractivity contribution is -0.150. The summed E-state index contributed by atoms with van der Waals surface area (Å²) < 4.78 is 23.8. The smallest absolute Gasteiger partial charge is 0.264 e. The third-order valence-electron chi connectivity index (χ3n) is 10.6. The Balaban J connectivity index is 1.30. The number of anilines is 2. The van der Waals surface area contributed by atoms with Crippen molar-refractivity contribution >= 4 is 53.4 Å². The van der Waals surface area contributed by atoms with Crippen LogP contribution in [0.25, 0.3) is 0 Å². The maximum Gasteiger partial charge on any atom is 0.264 e. The number of ether oxygens (including phenoxy) is 1. The third-order valence-corrected chi connectivity index (χ3v) is 13.6. The van der Waals surface area contributed by atoms with Crippen LogP contribution in [0.3, 0.4) is 0 Å². The van der Waals surface area contributed by atoms with Crippen molar-refractivity contribution in [1.82, 2.24) is 4.90 Å². The van der Waals surface area contributed by atoms with Crippen molar-refractivity contribution in [3.63, 3.8) is 0 Å². The van der Waals surface area contributed by atoms with Crippen LogP contribution in [0.4, 0.5) is 15.5 Å². The van der Waals surface area contributed by atoms with Crippen LogP contribution in [-0.2, 0) is 31.3 Å². The summed E-state index contributed by atoms with van der Waals surface area (Å²) in [6.45, 7) is 6.63. The topological polar surface area (TPSA) is 90.4 Å². The van der Waals surface area contributed by atoms with Gasteiger partial charge in [-0.1, -0.05) is 47.8 Å². The molecule has 46 heavy (non-hydrogen) atoms. The maximum absolute atomic E-state index is 16.2. The predicted molar refractivity (Wildman–Crippen MR) is 182 cm³/mol. The SMILES string of the molecule is C[C@H]1[C@H]([Si](C)(C)F)[C@@H](CC(=O)N2CCC[C@H]2CO)O[C@]12C(=O)N(Cc1ccc(N3CCCCCCC3=O)cc1)c1ccc(Br)cc12. The zero-order chi connectivity index (χ0) is 32.8. The van der Waals surface area contributed by atoms with E-state index in [4.69, 9.17) is 4.74 Å². The van der Waals surface area contributed by atoms with Crippen molar-refractivity contribution in [3.05, 3.63) is 58.1 Å². The number of fused-ring (bicyclic) bond motifs is 2. The van der Waals surface area contributed by atoms with Gasteiger partial charge in [-0.25, -0.2) is 0 Å². The van der Waals surface area contributed by atoms with E-state index in [0.29, 0.717) is 30.8 Å². The van der Waals surface area contributed by atoms with Crippen molar-refractivity contribution in [2.24, 2.45) is 5.92 Å². The second kappa shape index (κ2) is 13.1. The summed E-state index contributed by atoms with van der Waals surface area (Å²) in [6.07, 6.45) is 5.44. The Morgan fingerprint density at radius 3 is 2.52 bits per heavy atom. The van der Waals surface area contributed by atoms with E-state index in [2.05, 4.69) is 15.9 Å². The Kier molecular flexibility index (Phi) is 9.50. The zero-order valence-corrected chi connectivity index (χ0v) is 29.6. The van der Waals surface area contributed by atoms with Crippen LogP contribution in [0, 0.1) is 5.92 Å². The first-order chi connectivity index (χ1) is 22.0. The first-order valence-electron chi connectivity index (χ1n) is 16.7. The third kappa shape index (κ3) is 5.97. The Morgan fingerprint density at radius 2 is 1.80 bits per heavy atom. The highest BCUT2D eigenvalue weighted by Crippen LogP contribution is 2.60. The minimum atomic E-state index is -3.43. The molecule has 2 aromatic carbocycles. The number of amides is 3. The van der Waals surface area contributed by atoms with Gasteiger partial charge in [-0.05, 0) is 74.7 Å².